The van der Waals surface area contributed by atoms with Crippen LogP contribution >= 0.6 is 11.6 Å². The Balaban J connectivity index is 1.84. The van der Waals surface area contributed by atoms with Gasteiger partial charge in [-0.3, -0.25) is 15.5 Å². The minimum Gasteiger partial charge on any atom is -0.454 e. The van der Waals surface area contributed by atoms with Gasteiger partial charge in [-0.15, -0.1) is 0 Å². The second-order valence-corrected chi connectivity index (χ2v) is 8.73. The van der Waals surface area contributed by atoms with E-state index in [9.17, 15) is 25.9 Å². The first-order valence-electron chi connectivity index (χ1n) is 10.2. The van der Waals surface area contributed by atoms with Crippen LogP contribution in [0, 0.1) is 66.3 Å². The van der Waals surface area contributed by atoms with E-state index in [-0.39, 0.29) is 23.9 Å². The summed E-state index contributed by atoms with van der Waals surface area (Å²) in [6, 6.07) is 14.3. The van der Waals surface area contributed by atoms with Gasteiger partial charge >= 0.3 is 0 Å². The van der Waals surface area contributed by atoms with E-state index in [2.05, 4.69) is 0 Å². The van der Waals surface area contributed by atoms with Crippen molar-refractivity contribution < 1.29 is 23.9 Å². The predicted octanol–water partition coefficient (Wildman–Crippen LogP) is 4.09. The summed E-state index contributed by atoms with van der Waals surface area (Å²) in [5, 5.41) is 52.1. The standard InChI is InChI=1S/C23H14ClN5O6/c1-12-22(10-27)20(28)35-23(12,13-2-4-14(24)5-3-13)34-19(21(22,8-25)9-26)15-6-17-18(33-11-32-17)7-16(15)29(30)31/h2-7,12,19,28H,11H2,1H3. The van der Waals surface area contributed by atoms with Crippen LogP contribution in [-0.2, 0) is 15.3 Å². The van der Waals surface area contributed by atoms with Gasteiger partial charge in [-0.05, 0) is 18.2 Å². The van der Waals surface area contributed by atoms with Crippen LogP contribution in [-0.4, -0.2) is 17.6 Å². The molecular formula is C23H14ClN5O6. The molecule has 0 radical (unpaired) electrons. The van der Waals surface area contributed by atoms with E-state index in [1.54, 1.807) is 24.3 Å². The number of nitro benzene ring substituents is 1. The quantitative estimate of drug-likeness (QED) is 0.489. The molecule has 2 bridgehead atoms. The first kappa shape index (κ1) is 22.4. The molecule has 2 saturated heterocycles. The lowest BCUT2D eigenvalue weighted by molar-refractivity contribution is -0.387. The zero-order valence-electron chi connectivity index (χ0n) is 17.9. The van der Waals surface area contributed by atoms with E-state index in [0.29, 0.717) is 10.6 Å². The van der Waals surface area contributed by atoms with Gasteiger partial charge in [0.1, 0.15) is 6.10 Å². The fraction of sp³-hybridized carbons (Fsp3) is 0.304. The van der Waals surface area contributed by atoms with Gasteiger partial charge in [0.05, 0.1) is 40.7 Å². The molecule has 1 N–H and O–H groups in total. The third-order valence-corrected chi connectivity index (χ3v) is 7.17. The molecule has 2 aromatic carbocycles. The van der Waals surface area contributed by atoms with Crippen LogP contribution in [0.4, 0.5) is 5.69 Å². The predicted molar refractivity (Wildman–Crippen MR) is 116 cm³/mol. The lowest BCUT2D eigenvalue weighted by Gasteiger charge is -2.48. The fourth-order valence-electron chi connectivity index (χ4n) is 5.14. The van der Waals surface area contributed by atoms with Crippen LogP contribution < -0.4 is 9.47 Å². The van der Waals surface area contributed by atoms with Crippen LogP contribution in [0.1, 0.15) is 24.2 Å². The zero-order valence-corrected chi connectivity index (χ0v) is 18.7. The maximum Gasteiger partial charge on any atom is 0.279 e. The average molecular weight is 492 g/mol. The molecular weight excluding hydrogens is 478 g/mol. The number of rotatable bonds is 3. The number of nitro groups is 1. The van der Waals surface area contributed by atoms with Gasteiger partial charge in [0.25, 0.3) is 5.69 Å². The van der Waals surface area contributed by atoms with Gasteiger partial charge < -0.3 is 18.9 Å². The maximum atomic E-state index is 12.0. The highest BCUT2D eigenvalue weighted by molar-refractivity contribution is 6.30. The molecule has 2 fully saturated rings. The van der Waals surface area contributed by atoms with Crippen molar-refractivity contribution in [1.29, 1.82) is 21.2 Å². The molecule has 0 aliphatic carbocycles. The van der Waals surface area contributed by atoms with Crippen molar-refractivity contribution in [2.45, 2.75) is 18.8 Å². The van der Waals surface area contributed by atoms with Crippen molar-refractivity contribution in [2.24, 2.45) is 16.7 Å². The summed E-state index contributed by atoms with van der Waals surface area (Å²) in [7, 11) is 0. The molecule has 11 nitrogen and oxygen atoms in total. The summed E-state index contributed by atoms with van der Waals surface area (Å²) in [6.45, 7) is 1.36. The lowest BCUT2D eigenvalue weighted by atomic mass is 9.53. The van der Waals surface area contributed by atoms with Gasteiger partial charge in [-0.25, -0.2) is 0 Å². The molecule has 174 valence electrons. The van der Waals surface area contributed by atoms with E-state index in [4.69, 9.17) is 36.0 Å². The number of fused-ring (bicyclic) bond motifs is 3. The third-order valence-electron chi connectivity index (χ3n) is 6.92. The smallest absolute Gasteiger partial charge is 0.279 e. The first-order valence-corrected chi connectivity index (χ1v) is 10.6. The van der Waals surface area contributed by atoms with E-state index >= 15 is 0 Å². The summed E-state index contributed by atoms with van der Waals surface area (Å²) in [5.74, 6) is -3.23. The molecule has 35 heavy (non-hydrogen) atoms. The van der Waals surface area contributed by atoms with Gasteiger partial charge in [-0.1, -0.05) is 30.7 Å². The number of hydrogen-bond donors (Lipinski definition) is 1. The Hall–Kier alpha value is -4.37. The van der Waals surface area contributed by atoms with Crippen LogP contribution in [0.2, 0.25) is 5.02 Å². The summed E-state index contributed by atoms with van der Waals surface area (Å²) in [6.07, 6.45) is -1.68. The van der Waals surface area contributed by atoms with Crippen molar-refractivity contribution in [1.82, 2.24) is 0 Å². The summed E-state index contributed by atoms with van der Waals surface area (Å²) in [4.78, 5) is 11.3. The largest absolute Gasteiger partial charge is 0.454 e. The number of nitrogens with zero attached hydrogens (tertiary/aromatic N) is 4. The van der Waals surface area contributed by atoms with E-state index in [0.717, 1.165) is 6.07 Å². The van der Waals surface area contributed by atoms with Crippen molar-refractivity contribution >= 4 is 23.2 Å². The molecule has 2 aromatic rings. The highest BCUT2D eigenvalue weighted by atomic mass is 35.5. The van der Waals surface area contributed by atoms with Crippen LogP contribution in [0.15, 0.2) is 36.4 Å². The maximum absolute atomic E-state index is 12.0. The second kappa shape index (κ2) is 7.31. The van der Waals surface area contributed by atoms with Crippen molar-refractivity contribution in [3.05, 3.63) is 62.7 Å². The van der Waals surface area contributed by atoms with Gasteiger partial charge in [0, 0.05) is 10.6 Å². The Labute approximate surface area is 203 Å². The molecule has 4 atom stereocenters. The Bertz CT molecular complexity index is 1410. The normalized spacial score (nSPS) is 29.4. The molecule has 0 spiro atoms. The second-order valence-electron chi connectivity index (χ2n) is 8.30. The van der Waals surface area contributed by atoms with Crippen LogP contribution in [0.3, 0.4) is 0 Å². The highest BCUT2D eigenvalue weighted by Crippen LogP contribution is 2.69. The van der Waals surface area contributed by atoms with Crippen molar-refractivity contribution in [3.63, 3.8) is 0 Å². The van der Waals surface area contributed by atoms with Crippen LogP contribution in [0.5, 0.6) is 11.5 Å². The van der Waals surface area contributed by atoms with Gasteiger partial charge in [0.2, 0.25) is 23.9 Å². The number of nitrogens with one attached hydrogen (secondary N) is 1. The van der Waals surface area contributed by atoms with E-state index in [1.165, 1.54) is 13.0 Å². The number of nitriles is 3. The number of benzene rings is 2. The summed E-state index contributed by atoms with van der Waals surface area (Å²) in [5.41, 5.74) is -4.85. The SMILES string of the molecule is CC1C2(c3ccc(Cl)cc3)OC(=N)C1(C#N)C(C#N)(C#N)C(c1cc3c(cc1[N+](=O)[O-])OCO3)O2. The molecule has 12 heteroatoms. The number of halogens is 1. The minimum atomic E-state index is -2.39. The Morgan fingerprint density at radius 3 is 2.31 bits per heavy atom. The first-order chi connectivity index (χ1) is 16.7. The molecule has 0 aromatic heterocycles. The molecule has 3 aliphatic rings. The van der Waals surface area contributed by atoms with Crippen molar-refractivity contribution in [2.75, 3.05) is 6.79 Å². The third kappa shape index (κ3) is 2.58. The Kier molecular flexibility index (Phi) is 4.69. The molecule has 5 rings (SSSR count). The zero-order chi connectivity index (χ0) is 25.2. The number of hydrogen-bond acceptors (Lipinski definition) is 10. The van der Waals surface area contributed by atoms with Crippen molar-refractivity contribution in [3.8, 4) is 29.7 Å². The molecule has 4 unspecified atom stereocenters. The monoisotopic (exact) mass is 491 g/mol. The summed E-state index contributed by atoms with van der Waals surface area (Å²) >= 11 is 6.03. The average Bonchev–Trinajstić information content (AvgIpc) is 3.37. The fourth-order valence-corrected chi connectivity index (χ4v) is 5.27. The molecule has 3 aliphatic heterocycles. The number of ether oxygens (including phenoxy) is 4. The van der Waals surface area contributed by atoms with Gasteiger partial charge in [-0.2, -0.15) is 15.8 Å². The molecule has 0 amide bonds. The molecule has 3 heterocycles. The minimum absolute atomic E-state index is 0.110. The highest BCUT2D eigenvalue weighted by Gasteiger charge is 2.80. The van der Waals surface area contributed by atoms with Gasteiger partial charge in [0.15, 0.2) is 16.9 Å². The van der Waals surface area contributed by atoms with E-state index < -0.39 is 45.1 Å². The lowest BCUT2D eigenvalue weighted by Crippen LogP contribution is -2.57. The summed E-state index contributed by atoms with van der Waals surface area (Å²) < 4.78 is 22.8. The molecule has 0 saturated carbocycles. The van der Waals surface area contributed by atoms with E-state index in [1.807, 2.05) is 18.2 Å². The Morgan fingerprint density at radius 2 is 1.74 bits per heavy atom. The van der Waals surface area contributed by atoms with Crippen LogP contribution in [0.25, 0.3) is 0 Å². The topological polar surface area (TPSA) is 175 Å². The Morgan fingerprint density at radius 1 is 1.11 bits per heavy atom.